The first kappa shape index (κ1) is 12.2. The van der Waals surface area contributed by atoms with Crippen LogP contribution in [-0.2, 0) is 10.8 Å². The lowest BCUT2D eigenvalue weighted by atomic mass is 10.2. The molecule has 2 nitrogen and oxygen atoms in total. The maximum Gasteiger partial charge on any atom is 0.0620 e. The second-order valence-corrected chi connectivity index (χ2v) is 5.81. The smallest absolute Gasteiger partial charge is 0.0620 e. The summed E-state index contributed by atoms with van der Waals surface area (Å²) in [5, 5.41) is 0. The number of anilines is 1. The van der Waals surface area contributed by atoms with E-state index in [9.17, 15) is 4.21 Å². The van der Waals surface area contributed by atoms with E-state index < -0.39 is 10.8 Å². The summed E-state index contributed by atoms with van der Waals surface area (Å²) in [5.74, 6) is 1.28. The van der Waals surface area contributed by atoms with Crippen molar-refractivity contribution in [2.75, 3.05) is 11.5 Å². The molecule has 0 spiro atoms. The van der Waals surface area contributed by atoms with Gasteiger partial charge in [-0.1, -0.05) is 19.9 Å². The molecular formula is C12H19NOS. The Morgan fingerprint density at radius 3 is 2.67 bits per heavy atom. The number of aryl methyl sites for hydroxylation is 1. The highest BCUT2D eigenvalue weighted by Gasteiger charge is 2.08. The second-order valence-electron chi connectivity index (χ2n) is 4.27. The van der Waals surface area contributed by atoms with E-state index in [1.807, 2.05) is 25.1 Å². The summed E-state index contributed by atoms with van der Waals surface area (Å²) in [6.07, 6.45) is 0.972. The molecule has 84 valence electrons. The van der Waals surface area contributed by atoms with E-state index in [2.05, 4.69) is 13.8 Å². The van der Waals surface area contributed by atoms with Crippen molar-refractivity contribution < 1.29 is 4.21 Å². The number of hydrogen-bond acceptors (Lipinski definition) is 2. The van der Waals surface area contributed by atoms with Crippen molar-refractivity contribution in [1.29, 1.82) is 0 Å². The van der Waals surface area contributed by atoms with Crippen molar-refractivity contribution in [3.05, 3.63) is 23.8 Å². The monoisotopic (exact) mass is 225 g/mol. The van der Waals surface area contributed by atoms with Gasteiger partial charge in [0.15, 0.2) is 0 Å². The zero-order valence-corrected chi connectivity index (χ0v) is 10.4. The molecule has 0 saturated heterocycles. The van der Waals surface area contributed by atoms with Crippen molar-refractivity contribution >= 4 is 16.5 Å². The predicted molar refractivity (Wildman–Crippen MR) is 66.3 cm³/mol. The van der Waals surface area contributed by atoms with Gasteiger partial charge in [-0.2, -0.15) is 0 Å². The van der Waals surface area contributed by atoms with E-state index in [0.717, 1.165) is 16.9 Å². The molecule has 0 radical (unpaired) electrons. The van der Waals surface area contributed by atoms with Crippen LogP contribution in [0.1, 0.15) is 25.8 Å². The molecule has 0 aliphatic heterocycles. The van der Waals surface area contributed by atoms with Crippen LogP contribution in [0.15, 0.2) is 23.1 Å². The fourth-order valence-corrected chi connectivity index (χ4v) is 2.85. The van der Waals surface area contributed by atoms with Crippen LogP contribution in [0.3, 0.4) is 0 Å². The molecule has 2 N–H and O–H groups in total. The summed E-state index contributed by atoms with van der Waals surface area (Å²) >= 11 is 0. The normalized spacial score (nSPS) is 13.1. The van der Waals surface area contributed by atoms with Crippen LogP contribution >= 0.6 is 0 Å². The Balaban J connectivity index is 2.77. The van der Waals surface area contributed by atoms with Gasteiger partial charge >= 0.3 is 0 Å². The second kappa shape index (κ2) is 5.31. The molecule has 1 atom stereocenters. The van der Waals surface area contributed by atoms with E-state index in [1.54, 1.807) is 0 Å². The summed E-state index contributed by atoms with van der Waals surface area (Å²) in [7, 11) is -0.951. The molecule has 3 heteroatoms. The quantitative estimate of drug-likeness (QED) is 0.801. The summed E-state index contributed by atoms with van der Waals surface area (Å²) in [6, 6.07) is 5.70. The van der Waals surface area contributed by atoms with Gasteiger partial charge in [-0.05, 0) is 37.0 Å². The van der Waals surface area contributed by atoms with E-state index >= 15 is 0 Å². The number of nitrogens with two attached hydrogens (primary N) is 1. The topological polar surface area (TPSA) is 43.1 Å². The minimum Gasteiger partial charge on any atom is -0.398 e. The first-order chi connectivity index (χ1) is 7.00. The van der Waals surface area contributed by atoms with Crippen LogP contribution in [0.4, 0.5) is 5.69 Å². The molecular weight excluding hydrogens is 206 g/mol. The molecule has 15 heavy (non-hydrogen) atoms. The van der Waals surface area contributed by atoms with E-state index in [0.29, 0.717) is 17.4 Å². The average Bonchev–Trinajstić information content (AvgIpc) is 2.18. The third kappa shape index (κ3) is 3.67. The number of nitrogen functional groups attached to an aromatic ring is 1. The average molecular weight is 225 g/mol. The third-order valence-corrected chi connectivity index (χ3v) is 3.75. The Bertz CT molecular complexity index is 361. The van der Waals surface area contributed by atoms with Crippen LogP contribution < -0.4 is 5.73 Å². The first-order valence-electron chi connectivity index (χ1n) is 5.25. The predicted octanol–water partition coefficient (Wildman–Crippen LogP) is 2.73. The lowest BCUT2D eigenvalue weighted by molar-refractivity contribution is 0.619. The van der Waals surface area contributed by atoms with Crippen LogP contribution in [0, 0.1) is 12.8 Å². The van der Waals surface area contributed by atoms with E-state index in [1.165, 1.54) is 0 Å². The van der Waals surface area contributed by atoms with Crippen LogP contribution in [0.5, 0.6) is 0 Å². The Kier molecular flexibility index (Phi) is 4.33. The minimum atomic E-state index is -0.951. The third-order valence-electron chi connectivity index (χ3n) is 2.29. The minimum absolute atomic E-state index is 0.583. The molecule has 0 bridgehead atoms. The Morgan fingerprint density at radius 2 is 2.07 bits per heavy atom. The van der Waals surface area contributed by atoms with Gasteiger partial charge in [-0.15, -0.1) is 0 Å². The van der Waals surface area contributed by atoms with Gasteiger partial charge in [-0.25, -0.2) is 0 Å². The van der Waals surface area contributed by atoms with Crippen molar-refractivity contribution in [1.82, 2.24) is 0 Å². The van der Waals surface area contributed by atoms with Crippen molar-refractivity contribution in [2.45, 2.75) is 32.1 Å². The molecule has 0 aliphatic rings. The molecule has 0 fully saturated rings. The zero-order chi connectivity index (χ0) is 11.4. The van der Waals surface area contributed by atoms with Crippen LogP contribution in [0.2, 0.25) is 0 Å². The first-order valence-corrected chi connectivity index (χ1v) is 6.57. The van der Waals surface area contributed by atoms with Crippen molar-refractivity contribution in [3.8, 4) is 0 Å². The maximum absolute atomic E-state index is 12.0. The molecule has 0 amide bonds. The molecule has 1 rings (SSSR count). The molecule has 1 aromatic rings. The SMILES string of the molecule is Cc1ccc(N)c(S(=O)CCC(C)C)c1. The van der Waals surface area contributed by atoms with Gasteiger partial charge in [0.05, 0.1) is 15.7 Å². The molecule has 0 aromatic heterocycles. The molecule has 0 aliphatic carbocycles. The van der Waals surface area contributed by atoms with Gasteiger partial charge in [0, 0.05) is 11.4 Å². The van der Waals surface area contributed by atoms with Gasteiger partial charge in [0.25, 0.3) is 0 Å². The van der Waals surface area contributed by atoms with Crippen LogP contribution in [0.25, 0.3) is 0 Å². The Hall–Kier alpha value is -0.830. The maximum atomic E-state index is 12.0. The van der Waals surface area contributed by atoms with Crippen LogP contribution in [-0.4, -0.2) is 9.96 Å². The summed E-state index contributed by atoms with van der Waals surface area (Å²) in [6.45, 7) is 6.26. The van der Waals surface area contributed by atoms with Gasteiger partial charge in [0.2, 0.25) is 0 Å². The zero-order valence-electron chi connectivity index (χ0n) is 9.62. The lowest BCUT2D eigenvalue weighted by Crippen LogP contribution is -2.04. The molecule has 1 aromatic carbocycles. The highest BCUT2D eigenvalue weighted by Crippen LogP contribution is 2.19. The number of rotatable bonds is 4. The highest BCUT2D eigenvalue weighted by molar-refractivity contribution is 7.85. The molecule has 0 saturated carbocycles. The fraction of sp³-hybridized carbons (Fsp3) is 0.500. The Morgan fingerprint density at radius 1 is 1.40 bits per heavy atom. The summed E-state index contributed by atoms with van der Waals surface area (Å²) < 4.78 is 12.0. The highest BCUT2D eigenvalue weighted by atomic mass is 32.2. The largest absolute Gasteiger partial charge is 0.398 e. The van der Waals surface area contributed by atoms with E-state index in [4.69, 9.17) is 5.73 Å². The lowest BCUT2D eigenvalue weighted by Gasteiger charge is -2.08. The Labute approximate surface area is 94.3 Å². The number of hydrogen-bond donors (Lipinski definition) is 1. The van der Waals surface area contributed by atoms with Gasteiger partial charge in [-0.3, -0.25) is 4.21 Å². The summed E-state index contributed by atoms with van der Waals surface area (Å²) in [5.41, 5.74) is 7.55. The molecule has 1 unspecified atom stereocenters. The van der Waals surface area contributed by atoms with Gasteiger partial charge < -0.3 is 5.73 Å². The molecule has 0 heterocycles. The fourth-order valence-electron chi connectivity index (χ4n) is 1.29. The summed E-state index contributed by atoms with van der Waals surface area (Å²) in [4.78, 5) is 0.788. The van der Waals surface area contributed by atoms with Gasteiger partial charge in [0.1, 0.15) is 0 Å². The van der Waals surface area contributed by atoms with Crippen molar-refractivity contribution in [2.24, 2.45) is 5.92 Å². The standard InChI is InChI=1S/C12H19NOS/c1-9(2)6-7-15(14)12-8-10(3)4-5-11(12)13/h4-5,8-9H,6-7,13H2,1-3H3. The van der Waals surface area contributed by atoms with Crippen molar-refractivity contribution in [3.63, 3.8) is 0 Å². The van der Waals surface area contributed by atoms with E-state index in [-0.39, 0.29) is 0 Å². The number of benzene rings is 1.